The summed E-state index contributed by atoms with van der Waals surface area (Å²) in [6.07, 6.45) is 3.16. The highest BCUT2D eigenvalue weighted by Gasteiger charge is 2.23. The predicted molar refractivity (Wildman–Crippen MR) is 144 cm³/mol. The highest BCUT2D eigenvalue weighted by Crippen LogP contribution is 2.19. The maximum atomic E-state index is 12.1. The molecule has 3 rings (SSSR count). The average Bonchev–Trinajstić information content (AvgIpc) is 3.27. The molecule has 2 aromatic carbocycles. The van der Waals surface area contributed by atoms with Crippen LogP contribution in [0.5, 0.6) is 0 Å². The summed E-state index contributed by atoms with van der Waals surface area (Å²) in [6, 6.07) is 18.6. The fourth-order valence-electron chi connectivity index (χ4n) is 3.68. The number of carbonyl (C=O) groups is 1. The van der Waals surface area contributed by atoms with E-state index in [9.17, 15) is 4.79 Å². The van der Waals surface area contributed by atoms with Crippen LogP contribution in [0, 0.1) is 0 Å². The quantitative estimate of drug-likeness (QED) is 0.190. The van der Waals surface area contributed by atoms with Crippen molar-refractivity contribution in [3.8, 4) is 0 Å². The van der Waals surface area contributed by atoms with Crippen LogP contribution in [0.25, 0.3) is 0 Å². The van der Waals surface area contributed by atoms with E-state index in [2.05, 4.69) is 65.0 Å². The van der Waals surface area contributed by atoms with E-state index in [-0.39, 0.29) is 29.9 Å². The Hall–Kier alpha value is -2.29. The molecule has 1 heterocycles. The van der Waals surface area contributed by atoms with Gasteiger partial charge in [0.05, 0.1) is 6.54 Å². The van der Waals surface area contributed by atoms with Gasteiger partial charge in [0.15, 0.2) is 5.96 Å². The number of carbonyl (C=O) groups excluding carboxylic acids is 1. The Morgan fingerprint density at radius 1 is 1.06 bits per heavy atom. The van der Waals surface area contributed by atoms with Crippen LogP contribution in [0.1, 0.15) is 49.0 Å². The Bertz CT molecular complexity index is 841. The van der Waals surface area contributed by atoms with Crippen LogP contribution < -0.4 is 20.9 Å². The fourth-order valence-corrected chi connectivity index (χ4v) is 3.68. The number of anilines is 1. The number of guanidine groups is 1. The van der Waals surface area contributed by atoms with Gasteiger partial charge in [-0.05, 0) is 49.6 Å². The summed E-state index contributed by atoms with van der Waals surface area (Å²) in [6.45, 7) is 8.32. The van der Waals surface area contributed by atoms with Crippen molar-refractivity contribution >= 4 is 41.5 Å². The van der Waals surface area contributed by atoms with Gasteiger partial charge in [0.1, 0.15) is 0 Å². The lowest BCUT2D eigenvalue weighted by Gasteiger charge is -2.20. The zero-order chi connectivity index (χ0) is 21.9. The van der Waals surface area contributed by atoms with Gasteiger partial charge in [-0.25, -0.2) is 4.99 Å². The minimum atomic E-state index is -0.0114. The molecule has 174 valence electrons. The summed E-state index contributed by atoms with van der Waals surface area (Å²) in [4.78, 5) is 19.3. The van der Waals surface area contributed by atoms with Crippen molar-refractivity contribution in [1.29, 1.82) is 0 Å². The van der Waals surface area contributed by atoms with Gasteiger partial charge in [-0.3, -0.25) is 4.79 Å². The van der Waals surface area contributed by atoms with E-state index in [1.54, 1.807) is 0 Å². The summed E-state index contributed by atoms with van der Waals surface area (Å²) in [7, 11) is 0. The highest BCUT2D eigenvalue weighted by molar-refractivity contribution is 14.0. The van der Waals surface area contributed by atoms with Crippen LogP contribution in [0.3, 0.4) is 0 Å². The molecule has 0 saturated carbocycles. The van der Waals surface area contributed by atoms with Crippen LogP contribution in [-0.2, 0) is 6.54 Å². The van der Waals surface area contributed by atoms with E-state index >= 15 is 0 Å². The molecule has 1 fully saturated rings. The topological polar surface area (TPSA) is 68.8 Å². The standard InChI is InChI=1S/C25H35N5O.HI/c1-3-5-16-27-24(31)21-13-11-20(12-14-21)18-28-25(26-4-2)29-22-15-17-30(19-22)23-9-7-6-8-10-23;/h6-14,22H,3-5,15-19H2,1-2H3,(H,27,31)(H2,26,28,29);1H. The molecule has 1 atom stereocenters. The van der Waals surface area contributed by atoms with Gasteiger partial charge in [0.25, 0.3) is 5.91 Å². The van der Waals surface area contributed by atoms with Crippen molar-refractivity contribution < 1.29 is 4.79 Å². The molecule has 0 radical (unpaired) electrons. The first-order valence-electron chi connectivity index (χ1n) is 11.4. The second-order valence-corrected chi connectivity index (χ2v) is 7.91. The van der Waals surface area contributed by atoms with Gasteiger partial charge in [-0.1, -0.05) is 43.7 Å². The van der Waals surface area contributed by atoms with Crippen LogP contribution in [0.2, 0.25) is 0 Å². The predicted octanol–water partition coefficient (Wildman–Crippen LogP) is 4.17. The highest BCUT2D eigenvalue weighted by atomic mass is 127. The Labute approximate surface area is 209 Å². The number of rotatable bonds is 9. The Morgan fingerprint density at radius 2 is 1.81 bits per heavy atom. The fraction of sp³-hybridized carbons (Fsp3) is 0.440. The molecule has 1 aliphatic heterocycles. The monoisotopic (exact) mass is 549 g/mol. The molecule has 2 aromatic rings. The lowest BCUT2D eigenvalue weighted by atomic mass is 10.1. The maximum absolute atomic E-state index is 12.1. The van der Waals surface area contributed by atoms with Crippen molar-refractivity contribution in [1.82, 2.24) is 16.0 Å². The zero-order valence-electron chi connectivity index (χ0n) is 19.1. The van der Waals surface area contributed by atoms with E-state index in [1.807, 2.05) is 24.3 Å². The molecule has 0 aromatic heterocycles. The molecule has 6 nitrogen and oxygen atoms in total. The second-order valence-electron chi connectivity index (χ2n) is 7.91. The number of hydrogen-bond acceptors (Lipinski definition) is 3. The summed E-state index contributed by atoms with van der Waals surface area (Å²) in [5, 5.41) is 9.88. The Morgan fingerprint density at radius 3 is 2.50 bits per heavy atom. The average molecular weight is 550 g/mol. The SMILES string of the molecule is CCCCNC(=O)c1ccc(CN=C(NCC)NC2CCN(c3ccccc3)C2)cc1.I. The molecule has 1 unspecified atom stereocenters. The normalized spacial score (nSPS) is 15.8. The number of halogens is 1. The Balaban J connectivity index is 0.00000363. The summed E-state index contributed by atoms with van der Waals surface area (Å²) in [5.41, 5.74) is 3.05. The first kappa shape index (κ1) is 26.0. The largest absolute Gasteiger partial charge is 0.369 e. The maximum Gasteiger partial charge on any atom is 0.251 e. The molecular formula is C25H36IN5O. The summed E-state index contributed by atoms with van der Waals surface area (Å²) >= 11 is 0. The van der Waals surface area contributed by atoms with E-state index in [0.717, 1.165) is 57.0 Å². The first-order valence-corrected chi connectivity index (χ1v) is 11.4. The van der Waals surface area contributed by atoms with E-state index in [0.29, 0.717) is 18.2 Å². The molecule has 0 spiro atoms. The van der Waals surface area contributed by atoms with Crippen molar-refractivity contribution in [3.05, 3.63) is 65.7 Å². The van der Waals surface area contributed by atoms with Crippen molar-refractivity contribution in [3.63, 3.8) is 0 Å². The van der Waals surface area contributed by atoms with Crippen LogP contribution in [-0.4, -0.2) is 44.1 Å². The van der Waals surface area contributed by atoms with Crippen LogP contribution in [0.15, 0.2) is 59.6 Å². The number of nitrogens with one attached hydrogen (secondary N) is 3. The number of hydrogen-bond donors (Lipinski definition) is 3. The lowest BCUT2D eigenvalue weighted by molar-refractivity contribution is 0.0953. The molecule has 1 aliphatic rings. The number of nitrogens with zero attached hydrogens (tertiary/aromatic N) is 2. The van der Waals surface area contributed by atoms with Crippen molar-refractivity contribution in [2.24, 2.45) is 4.99 Å². The molecule has 1 amide bonds. The third-order valence-corrected chi connectivity index (χ3v) is 5.45. The smallest absolute Gasteiger partial charge is 0.251 e. The van der Waals surface area contributed by atoms with Crippen LogP contribution >= 0.6 is 24.0 Å². The minimum absolute atomic E-state index is 0. The minimum Gasteiger partial charge on any atom is -0.369 e. The number of unbranched alkanes of at least 4 members (excludes halogenated alkanes) is 1. The van der Waals surface area contributed by atoms with Crippen molar-refractivity contribution in [2.45, 2.75) is 45.7 Å². The third-order valence-electron chi connectivity index (χ3n) is 5.45. The second kappa shape index (κ2) is 14.0. The summed E-state index contributed by atoms with van der Waals surface area (Å²) < 4.78 is 0. The van der Waals surface area contributed by atoms with Gasteiger partial charge >= 0.3 is 0 Å². The van der Waals surface area contributed by atoms with E-state index in [1.165, 1.54) is 5.69 Å². The van der Waals surface area contributed by atoms with Gasteiger partial charge in [0, 0.05) is 43.5 Å². The molecule has 1 saturated heterocycles. The molecule has 0 bridgehead atoms. The molecule has 32 heavy (non-hydrogen) atoms. The van der Waals surface area contributed by atoms with Crippen LogP contribution in [0.4, 0.5) is 5.69 Å². The lowest BCUT2D eigenvalue weighted by Crippen LogP contribution is -2.44. The van der Waals surface area contributed by atoms with E-state index < -0.39 is 0 Å². The van der Waals surface area contributed by atoms with Gasteiger partial charge in [0.2, 0.25) is 0 Å². The molecule has 0 aliphatic carbocycles. The number of benzene rings is 2. The molecule has 7 heteroatoms. The number of amides is 1. The van der Waals surface area contributed by atoms with Crippen molar-refractivity contribution in [2.75, 3.05) is 31.1 Å². The Kier molecular flexibility index (Phi) is 11.3. The molecule has 3 N–H and O–H groups in total. The van der Waals surface area contributed by atoms with E-state index in [4.69, 9.17) is 4.99 Å². The van der Waals surface area contributed by atoms with Gasteiger partial charge in [-0.2, -0.15) is 0 Å². The van der Waals surface area contributed by atoms with Gasteiger partial charge < -0.3 is 20.9 Å². The third kappa shape index (κ3) is 8.00. The first-order chi connectivity index (χ1) is 15.2. The summed E-state index contributed by atoms with van der Waals surface area (Å²) in [5.74, 6) is 0.825. The number of para-hydroxylation sites is 1. The molecular weight excluding hydrogens is 513 g/mol. The zero-order valence-corrected chi connectivity index (χ0v) is 21.5. The number of aliphatic imine (C=N–C) groups is 1. The van der Waals surface area contributed by atoms with Gasteiger partial charge in [-0.15, -0.1) is 24.0 Å².